The Kier molecular flexibility index (Phi) is 4.76. The second kappa shape index (κ2) is 6.84. The van der Waals surface area contributed by atoms with Gasteiger partial charge in [-0.2, -0.15) is 10.5 Å². The summed E-state index contributed by atoms with van der Waals surface area (Å²) in [6.07, 6.45) is -0.282. The van der Waals surface area contributed by atoms with Crippen molar-refractivity contribution in [3.05, 3.63) is 65.2 Å². The van der Waals surface area contributed by atoms with E-state index in [0.717, 1.165) is 22.4 Å². The van der Waals surface area contributed by atoms with Gasteiger partial charge in [-0.25, -0.2) is 4.79 Å². The first-order chi connectivity index (χ1) is 11.8. The fourth-order valence-corrected chi connectivity index (χ4v) is 2.99. The summed E-state index contributed by atoms with van der Waals surface area (Å²) in [7, 11) is 0. The van der Waals surface area contributed by atoms with Crippen LogP contribution >= 0.6 is 0 Å². The SMILES string of the molecule is Cc1cc(C)cc(C2NOC(C)(C)N2NC(=O)Nc2ccccc2)c1. The molecule has 3 rings (SSSR count). The number of para-hydroxylation sites is 1. The van der Waals surface area contributed by atoms with Gasteiger partial charge in [0.05, 0.1) is 0 Å². The lowest BCUT2D eigenvalue weighted by Gasteiger charge is -2.32. The van der Waals surface area contributed by atoms with Gasteiger partial charge in [0.25, 0.3) is 0 Å². The maximum atomic E-state index is 12.4. The van der Waals surface area contributed by atoms with Gasteiger partial charge in [0.1, 0.15) is 6.17 Å². The number of aryl methyl sites for hydroxylation is 2. The average molecular weight is 340 g/mol. The van der Waals surface area contributed by atoms with E-state index in [1.807, 2.05) is 44.2 Å². The van der Waals surface area contributed by atoms with Gasteiger partial charge in [-0.1, -0.05) is 47.5 Å². The first-order valence-electron chi connectivity index (χ1n) is 8.29. The van der Waals surface area contributed by atoms with Gasteiger partial charge in [-0.3, -0.25) is 10.3 Å². The van der Waals surface area contributed by atoms with Crippen molar-refractivity contribution in [3.63, 3.8) is 0 Å². The van der Waals surface area contributed by atoms with Gasteiger partial charge in [-0.15, -0.1) is 0 Å². The third kappa shape index (κ3) is 3.99. The molecule has 0 aliphatic carbocycles. The molecule has 2 aromatic rings. The summed E-state index contributed by atoms with van der Waals surface area (Å²) in [5, 5.41) is 4.60. The maximum Gasteiger partial charge on any atom is 0.333 e. The number of carbonyl (C=O) groups is 1. The van der Waals surface area contributed by atoms with E-state index in [1.54, 1.807) is 5.01 Å². The molecule has 0 saturated carbocycles. The van der Waals surface area contributed by atoms with Gasteiger partial charge in [-0.05, 0) is 45.4 Å². The highest BCUT2D eigenvalue weighted by atomic mass is 16.7. The molecule has 2 amide bonds. The molecule has 6 heteroatoms. The molecule has 25 heavy (non-hydrogen) atoms. The number of hydrazine groups is 1. The standard InChI is InChI=1S/C19H24N4O2/c1-13-10-14(2)12-15(11-13)17-22-25-19(3,4)23(17)21-18(24)20-16-8-6-5-7-9-16/h5-12,17,22H,1-4H3,(H2,20,21,24). The number of carbonyl (C=O) groups excluding carboxylic acids is 1. The predicted octanol–water partition coefficient (Wildman–Crippen LogP) is 3.61. The molecule has 6 nitrogen and oxygen atoms in total. The van der Waals surface area contributed by atoms with Crippen LogP contribution in [0.2, 0.25) is 0 Å². The molecule has 0 spiro atoms. The summed E-state index contributed by atoms with van der Waals surface area (Å²) in [4.78, 5) is 18.1. The minimum absolute atomic E-state index is 0.282. The van der Waals surface area contributed by atoms with Crippen LogP contribution in [0.1, 0.15) is 36.7 Å². The van der Waals surface area contributed by atoms with Gasteiger partial charge < -0.3 is 5.32 Å². The average Bonchev–Trinajstić information content (AvgIpc) is 2.82. The Morgan fingerprint density at radius 2 is 1.76 bits per heavy atom. The topological polar surface area (TPSA) is 65.6 Å². The summed E-state index contributed by atoms with van der Waals surface area (Å²) in [5.41, 5.74) is 9.31. The van der Waals surface area contributed by atoms with Gasteiger partial charge in [0.15, 0.2) is 5.72 Å². The number of benzene rings is 2. The summed E-state index contributed by atoms with van der Waals surface area (Å²) in [6.45, 7) is 7.89. The number of urea groups is 1. The van der Waals surface area contributed by atoms with Crippen molar-refractivity contribution in [2.45, 2.75) is 39.6 Å². The Balaban J connectivity index is 1.79. The number of hydroxylamine groups is 1. The fourth-order valence-electron chi connectivity index (χ4n) is 2.99. The summed E-state index contributed by atoms with van der Waals surface area (Å²) in [5.74, 6) is 0. The smallest absolute Gasteiger partial charge is 0.307 e. The minimum atomic E-state index is -0.698. The first-order valence-corrected chi connectivity index (χ1v) is 8.29. The number of hydrogen-bond acceptors (Lipinski definition) is 4. The van der Waals surface area contributed by atoms with Gasteiger partial charge in [0.2, 0.25) is 0 Å². The van der Waals surface area contributed by atoms with Crippen LogP contribution < -0.4 is 16.2 Å². The lowest BCUT2D eigenvalue weighted by molar-refractivity contribution is -0.0951. The quantitative estimate of drug-likeness (QED) is 0.798. The molecule has 1 unspecified atom stereocenters. The highest BCUT2D eigenvalue weighted by Crippen LogP contribution is 2.32. The second-order valence-electron chi connectivity index (χ2n) is 6.79. The zero-order valence-electron chi connectivity index (χ0n) is 15.0. The first kappa shape index (κ1) is 17.4. The van der Waals surface area contributed by atoms with Crippen molar-refractivity contribution in [2.75, 3.05) is 5.32 Å². The Hall–Kier alpha value is -2.41. The number of nitrogens with zero attached hydrogens (tertiary/aromatic N) is 1. The van der Waals surface area contributed by atoms with Crippen molar-refractivity contribution in [3.8, 4) is 0 Å². The zero-order chi connectivity index (χ0) is 18.0. The van der Waals surface area contributed by atoms with Crippen LogP contribution in [0.3, 0.4) is 0 Å². The highest BCUT2D eigenvalue weighted by molar-refractivity contribution is 5.88. The normalized spacial score (nSPS) is 19.6. The molecule has 2 aromatic carbocycles. The third-order valence-electron chi connectivity index (χ3n) is 4.07. The van der Waals surface area contributed by atoms with E-state index in [4.69, 9.17) is 4.84 Å². The van der Waals surface area contributed by atoms with Crippen LogP contribution in [0.5, 0.6) is 0 Å². The van der Waals surface area contributed by atoms with E-state index < -0.39 is 5.72 Å². The number of nitrogens with one attached hydrogen (secondary N) is 3. The zero-order valence-corrected chi connectivity index (χ0v) is 15.0. The van der Waals surface area contributed by atoms with Crippen LogP contribution in [0.25, 0.3) is 0 Å². The monoisotopic (exact) mass is 340 g/mol. The maximum absolute atomic E-state index is 12.4. The number of amides is 2. The Morgan fingerprint density at radius 1 is 1.12 bits per heavy atom. The highest BCUT2D eigenvalue weighted by Gasteiger charge is 2.43. The van der Waals surface area contributed by atoms with Crippen molar-refractivity contribution >= 4 is 11.7 Å². The lowest BCUT2D eigenvalue weighted by atomic mass is 10.0. The molecular weight excluding hydrogens is 316 g/mol. The molecule has 1 aliphatic rings. The number of anilines is 1. The molecule has 132 valence electrons. The van der Waals surface area contributed by atoms with Crippen molar-refractivity contribution in [1.82, 2.24) is 15.9 Å². The summed E-state index contributed by atoms with van der Waals surface area (Å²) >= 11 is 0. The molecule has 0 radical (unpaired) electrons. The molecular formula is C19H24N4O2. The Labute approximate surface area is 148 Å². The van der Waals surface area contributed by atoms with Crippen molar-refractivity contribution in [2.24, 2.45) is 0 Å². The van der Waals surface area contributed by atoms with Gasteiger partial charge >= 0.3 is 6.03 Å². The fraction of sp³-hybridized carbons (Fsp3) is 0.316. The van der Waals surface area contributed by atoms with Crippen LogP contribution in [-0.2, 0) is 4.84 Å². The van der Waals surface area contributed by atoms with Gasteiger partial charge in [0, 0.05) is 5.69 Å². The molecule has 3 N–H and O–H groups in total. The van der Waals surface area contributed by atoms with Crippen LogP contribution in [-0.4, -0.2) is 16.8 Å². The predicted molar refractivity (Wildman–Crippen MR) is 97.4 cm³/mol. The van der Waals surface area contributed by atoms with E-state index >= 15 is 0 Å². The largest absolute Gasteiger partial charge is 0.333 e. The van der Waals surface area contributed by atoms with E-state index in [-0.39, 0.29) is 12.2 Å². The van der Waals surface area contributed by atoms with Crippen LogP contribution in [0.15, 0.2) is 48.5 Å². The molecule has 1 aliphatic heterocycles. The number of rotatable bonds is 3. The summed E-state index contributed by atoms with van der Waals surface area (Å²) < 4.78 is 0. The third-order valence-corrected chi connectivity index (χ3v) is 4.07. The number of hydrogen-bond donors (Lipinski definition) is 3. The van der Waals surface area contributed by atoms with Crippen LogP contribution in [0, 0.1) is 13.8 Å². The van der Waals surface area contributed by atoms with E-state index in [2.05, 4.69) is 48.3 Å². The Bertz CT molecular complexity index is 741. The molecule has 1 atom stereocenters. The van der Waals surface area contributed by atoms with Crippen molar-refractivity contribution in [1.29, 1.82) is 0 Å². The van der Waals surface area contributed by atoms with E-state index in [9.17, 15) is 4.79 Å². The van der Waals surface area contributed by atoms with Crippen LogP contribution in [0.4, 0.5) is 10.5 Å². The molecule has 1 heterocycles. The lowest BCUT2D eigenvalue weighted by Crippen LogP contribution is -2.53. The van der Waals surface area contributed by atoms with E-state index in [1.165, 1.54) is 0 Å². The second-order valence-corrected chi connectivity index (χ2v) is 6.79. The molecule has 1 fully saturated rings. The molecule has 0 aromatic heterocycles. The molecule has 1 saturated heterocycles. The van der Waals surface area contributed by atoms with E-state index in [0.29, 0.717) is 0 Å². The summed E-state index contributed by atoms with van der Waals surface area (Å²) in [6, 6.07) is 15.3. The minimum Gasteiger partial charge on any atom is -0.307 e. The Morgan fingerprint density at radius 3 is 2.40 bits per heavy atom. The van der Waals surface area contributed by atoms with Crippen molar-refractivity contribution < 1.29 is 9.63 Å². The molecule has 0 bridgehead atoms.